The third kappa shape index (κ3) is 4.79. The number of ether oxygens (including phenoxy) is 1. The number of likely N-dealkylation sites (tertiary alicyclic amines) is 1. The van der Waals surface area contributed by atoms with Crippen LogP contribution in [0.3, 0.4) is 0 Å². The molecule has 29 heavy (non-hydrogen) atoms. The van der Waals surface area contributed by atoms with Crippen LogP contribution >= 0.6 is 0 Å². The van der Waals surface area contributed by atoms with Crippen molar-refractivity contribution in [2.75, 3.05) is 45.9 Å². The van der Waals surface area contributed by atoms with Gasteiger partial charge >= 0.3 is 6.09 Å². The molecule has 7 nitrogen and oxygen atoms in total. The van der Waals surface area contributed by atoms with Gasteiger partial charge in [0.15, 0.2) is 0 Å². The Labute approximate surface area is 172 Å². The fraction of sp³-hybridized carbons (Fsp3) is 0.545. The highest BCUT2D eigenvalue weighted by atomic mass is 16.6. The highest BCUT2D eigenvalue weighted by Gasteiger charge is 2.30. The zero-order valence-corrected chi connectivity index (χ0v) is 17.2. The van der Waals surface area contributed by atoms with Gasteiger partial charge in [-0.15, -0.1) is 0 Å². The lowest BCUT2D eigenvalue weighted by atomic mass is 10.0. The van der Waals surface area contributed by atoms with Crippen LogP contribution in [0.1, 0.15) is 25.5 Å². The van der Waals surface area contributed by atoms with E-state index < -0.39 is 0 Å². The standard InChI is InChI=1S/C22H31N5O2/c1-2-29-22(28)26-15-13-25(14-16-26)19-7-5-11-24(17-19)18-20-8-6-12-27(20)21-9-3-4-10-23-21/h3-4,6,8-10,12,19H,2,5,7,11,13-18H2,1H3/t19-/m0/s1. The molecule has 2 aliphatic heterocycles. The van der Waals surface area contributed by atoms with Crippen LogP contribution in [0.15, 0.2) is 42.7 Å². The first kappa shape index (κ1) is 19.9. The minimum atomic E-state index is -0.173. The SMILES string of the molecule is CCOC(=O)N1CCN([C@H]2CCCN(Cc3cccn3-c3ccccn3)C2)CC1. The lowest BCUT2D eigenvalue weighted by molar-refractivity contribution is 0.0409. The first-order valence-corrected chi connectivity index (χ1v) is 10.7. The number of amides is 1. The minimum Gasteiger partial charge on any atom is -0.450 e. The van der Waals surface area contributed by atoms with Gasteiger partial charge in [0, 0.05) is 63.4 Å². The molecule has 0 aromatic carbocycles. The molecule has 7 heteroatoms. The van der Waals surface area contributed by atoms with Gasteiger partial charge in [-0.2, -0.15) is 0 Å². The van der Waals surface area contributed by atoms with Gasteiger partial charge in [0.25, 0.3) is 0 Å². The fourth-order valence-electron chi connectivity index (χ4n) is 4.45. The van der Waals surface area contributed by atoms with Crippen molar-refractivity contribution < 1.29 is 9.53 Å². The number of carbonyl (C=O) groups is 1. The molecule has 2 aliphatic rings. The molecular weight excluding hydrogens is 366 g/mol. The Morgan fingerprint density at radius 3 is 2.76 bits per heavy atom. The highest BCUT2D eigenvalue weighted by Crippen LogP contribution is 2.21. The maximum atomic E-state index is 11.9. The molecule has 2 aromatic heterocycles. The third-order valence-electron chi connectivity index (χ3n) is 5.95. The van der Waals surface area contributed by atoms with Crippen molar-refractivity contribution in [3.63, 3.8) is 0 Å². The average Bonchev–Trinajstić information content (AvgIpc) is 3.23. The van der Waals surface area contributed by atoms with Crippen LogP contribution in [0.5, 0.6) is 0 Å². The Balaban J connectivity index is 1.33. The average molecular weight is 398 g/mol. The van der Waals surface area contributed by atoms with Crippen molar-refractivity contribution in [2.24, 2.45) is 0 Å². The summed E-state index contributed by atoms with van der Waals surface area (Å²) in [6, 6.07) is 10.9. The van der Waals surface area contributed by atoms with E-state index in [1.54, 1.807) is 0 Å². The second kappa shape index (κ2) is 9.41. The van der Waals surface area contributed by atoms with Crippen LogP contribution in [0.25, 0.3) is 5.82 Å². The zero-order chi connectivity index (χ0) is 20.1. The van der Waals surface area contributed by atoms with Gasteiger partial charge in [-0.05, 0) is 50.6 Å². The number of rotatable bonds is 5. The number of carbonyl (C=O) groups excluding carboxylic acids is 1. The molecule has 0 radical (unpaired) electrons. The van der Waals surface area contributed by atoms with E-state index in [1.165, 1.54) is 18.5 Å². The number of pyridine rings is 1. The zero-order valence-electron chi connectivity index (χ0n) is 17.2. The van der Waals surface area contributed by atoms with Crippen LogP contribution < -0.4 is 0 Å². The van der Waals surface area contributed by atoms with E-state index in [4.69, 9.17) is 4.74 Å². The molecule has 0 unspecified atom stereocenters. The van der Waals surface area contributed by atoms with Crippen LogP contribution in [0.4, 0.5) is 4.79 Å². The number of hydrogen-bond donors (Lipinski definition) is 0. The summed E-state index contributed by atoms with van der Waals surface area (Å²) in [5, 5.41) is 0. The molecular formula is C22H31N5O2. The molecule has 4 rings (SSSR count). The van der Waals surface area contributed by atoms with Crippen LogP contribution in [-0.4, -0.2) is 82.3 Å². The van der Waals surface area contributed by atoms with Crippen molar-refractivity contribution in [3.8, 4) is 5.82 Å². The Bertz CT molecular complexity index is 786. The predicted octanol–water partition coefficient (Wildman–Crippen LogP) is 2.61. The lowest BCUT2D eigenvalue weighted by Crippen LogP contribution is -2.55. The molecule has 2 saturated heterocycles. The van der Waals surface area contributed by atoms with Gasteiger partial charge in [-0.3, -0.25) is 9.80 Å². The van der Waals surface area contributed by atoms with Gasteiger partial charge in [0.1, 0.15) is 5.82 Å². The van der Waals surface area contributed by atoms with E-state index in [1.807, 2.05) is 36.2 Å². The number of piperidine rings is 1. The van der Waals surface area contributed by atoms with E-state index in [0.29, 0.717) is 12.6 Å². The topological polar surface area (TPSA) is 53.8 Å². The summed E-state index contributed by atoms with van der Waals surface area (Å²) in [7, 11) is 0. The van der Waals surface area contributed by atoms with Gasteiger partial charge in [0.2, 0.25) is 0 Å². The van der Waals surface area contributed by atoms with Crippen molar-refractivity contribution in [3.05, 3.63) is 48.4 Å². The van der Waals surface area contributed by atoms with Gasteiger partial charge in [0.05, 0.1) is 6.61 Å². The van der Waals surface area contributed by atoms with Crippen molar-refractivity contribution in [1.82, 2.24) is 24.3 Å². The van der Waals surface area contributed by atoms with E-state index in [-0.39, 0.29) is 6.09 Å². The Kier molecular flexibility index (Phi) is 6.46. The van der Waals surface area contributed by atoms with Gasteiger partial charge in [-0.25, -0.2) is 9.78 Å². The predicted molar refractivity (Wildman–Crippen MR) is 112 cm³/mol. The largest absolute Gasteiger partial charge is 0.450 e. The third-order valence-corrected chi connectivity index (χ3v) is 5.95. The number of piperazine rings is 1. The maximum absolute atomic E-state index is 11.9. The van der Waals surface area contributed by atoms with Crippen LogP contribution in [0.2, 0.25) is 0 Å². The first-order chi connectivity index (χ1) is 14.2. The normalized spacial score (nSPS) is 21.3. The molecule has 2 aromatic rings. The molecule has 0 aliphatic carbocycles. The molecule has 0 N–H and O–H groups in total. The minimum absolute atomic E-state index is 0.173. The highest BCUT2D eigenvalue weighted by molar-refractivity contribution is 5.67. The number of nitrogens with zero attached hydrogens (tertiary/aromatic N) is 5. The summed E-state index contributed by atoms with van der Waals surface area (Å²) in [5.74, 6) is 0.969. The smallest absolute Gasteiger partial charge is 0.409 e. The Morgan fingerprint density at radius 1 is 1.14 bits per heavy atom. The van der Waals surface area contributed by atoms with Gasteiger partial charge in [-0.1, -0.05) is 6.07 Å². The molecule has 0 saturated carbocycles. The molecule has 0 spiro atoms. The maximum Gasteiger partial charge on any atom is 0.409 e. The summed E-state index contributed by atoms with van der Waals surface area (Å²) in [4.78, 5) is 23.4. The molecule has 4 heterocycles. The Hall–Kier alpha value is -2.38. The summed E-state index contributed by atoms with van der Waals surface area (Å²) in [5.41, 5.74) is 1.27. The molecule has 0 bridgehead atoms. The first-order valence-electron chi connectivity index (χ1n) is 10.7. The van der Waals surface area contributed by atoms with Crippen molar-refractivity contribution in [1.29, 1.82) is 0 Å². The number of hydrogen-bond acceptors (Lipinski definition) is 5. The lowest BCUT2D eigenvalue weighted by Gasteiger charge is -2.43. The van der Waals surface area contributed by atoms with Crippen LogP contribution in [0, 0.1) is 0 Å². The quantitative estimate of drug-likeness (QED) is 0.776. The molecule has 2 fully saturated rings. The molecule has 1 atom stereocenters. The molecule has 156 valence electrons. The summed E-state index contributed by atoms with van der Waals surface area (Å²) in [6.45, 7) is 8.83. The Morgan fingerprint density at radius 2 is 2.00 bits per heavy atom. The fourth-order valence-corrected chi connectivity index (χ4v) is 4.45. The van der Waals surface area contributed by atoms with Crippen molar-refractivity contribution in [2.45, 2.75) is 32.4 Å². The summed E-state index contributed by atoms with van der Waals surface area (Å²) >= 11 is 0. The summed E-state index contributed by atoms with van der Waals surface area (Å²) < 4.78 is 7.32. The van der Waals surface area contributed by atoms with E-state index in [2.05, 4.69) is 37.7 Å². The monoisotopic (exact) mass is 397 g/mol. The number of aromatic nitrogens is 2. The van der Waals surface area contributed by atoms with Crippen LogP contribution in [-0.2, 0) is 11.3 Å². The van der Waals surface area contributed by atoms with E-state index >= 15 is 0 Å². The second-order valence-corrected chi connectivity index (χ2v) is 7.81. The van der Waals surface area contributed by atoms with E-state index in [0.717, 1.165) is 51.6 Å². The van der Waals surface area contributed by atoms with E-state index in [9.17, 15) is 4.79 Å². The van der Waals surface area contributed by atoms with Crippen molar-refractivity contribution >= 4 is 6.09 Å². The second-order valence-electron chi connectivity index (χ2n) is 7.81. The molecule has 1 amide bonds. The summed E-state index contributed by atoms with van der Waals surface area (Å²) in [6.07, 6.45) is 6.21. The van der Waals surface area contributed by atoms with Gasteiger partial charge < -0.3 is 14.2 Å².